The molecule has 0 radical (unpaired) electrons. The van der Waals surface area contributed by atoms with E-state index < -0.39 is 0 Å². The fourth-order valence-corrected chi connectivity index (χ4v) is 4.81. The number of rotatable bonds is 8. The lowest BCUT2D eigenvalue weighted by Crippen LogP contribution is -2.38. The number of anilines is 1. The predicted octanol–water partition coefficient (Wildman–Crippen LogP) is 4.14. The van der Waals surface area contributed by atoms with Crippen LogP contribution in [0.15, 0.2) is 46.7 Å². The standard InChI is InChI=1S/C23H27N3O3S2/c1-28-10-7-26(23(27)21-4-3-13-31-21)16-18-14-17-5-6-19(30-2)15-20(17)24-22(18)25-8-11-29-12-9-25/h3-6,13-15H,7-12,16H2,1-2H3. The highest BCUT2D eigenvalue weighted by Gasteiger charge is 2.22. The first kappa shape index (κ1) is 22.1. The summed E-state index contributed by atoms with van der Waals surface area (Å²) >= 11 is 3.18. The Kier molecular flexibility index (Phi) is 7.45. The molecule has 164 valence electrons. The van der Waals surface area contributed by atoms with E-state index in [1.54, 1.807) is 18.9 Å². The molecule has 4 rings (SSSR count). The van der Waals surface area contributed by atoms with E-state index in [9.17, 15) is 4.79 Å². The number of nitrogens with zero attached hydrogens (tertiary/aromatic N) is 3. The van der Waals surface area contributed by atoms with Gasteiger partial charge in [0.1, 0.15) is 5.82 Å². The van der Waals surface area contributed by atoms with E-state index in [1.807, 2.05) is 22.4 Å². The number of benzene rings is 1. The molecule has 0 unspecified atom stereocenters. The zero-order valence-corrected chi connectivity index (χ0v) is 19.5. The van der Waals surface area contributed by atoms with Gasteiger partial charge < -0.3 is 19.3 Å². The van der Waals surface area contributed by atoms with Gasteiger partial charge in [0.15, 0.2) is 0 Å². The Balaban J connectivity index is 1.72. The minimum absolute atomic E-state index is 0.0257. The number of hydrogen-bond acceptors (Lipinski definition) is 7. The van der Waals surface area contributed by atoms with E-state index in [2.05, 4.69) is 35.4 Å². The molecule has 3 aromatic rings. The normalized spacial score (nSPS) is 14.2. The van der Waals surface area contributed by atoms with E-state index in [0.29, 0.717) is 32.9 Å². The first-order valence-corrected chi connectivity index (χ1v) is 12.4. The van der Waals surface area contributed by atoms with Crippen LogP contribution in [0.25, 0.3) is 10.9 Å². The van der Waals surface area contributed by atoms with Gasteiger partial charge in [-0.2, -0.15) is 0 Å². The highest BCUT2D eigenvalue weighted by molar-refractivity contribution is 7.98. The summed E-state index contributed by atoms with van der Waals surface area (Å²) in [5, 5.41) is 3.02. The Morgan fingerprint density at radius 1 is 1.29 bits per heavy atom. The second-order valence-corrected chi connectivity index (χ2v) is 9.15. The van der Waals surface area contributed by atoms with Crippen molar-refractivity contribution in [1.82, 2.24) is 9.88 Å². The molecule has 0 atom stereocenters. The fourth-order valence-electron chi connectivity index (χ4n) is 3.69. The molecule has 0 aliphatic carbocycles. The van der Waals surface area contributed by atoms with Crippen molar-refractivity contribution in [2.75, 3.05) is 57.7 Å². The molecular weight excluding hydrogens is 430 g/mol. The number of amides is 1. The number of carbonyl (C=O) groups excluding carboxylic acids is 1. The van der Waals surface area contributed by atoms with Gasteiger partial charge >= 0.3 is 0 Å². The maximum atomic E-state index is 13.2. The molecule has 0 bridgehead atoms. The van der Waals surface area contributed by atoms with Gasteiger partial charge in [0.2, 0.25) is 0 Å². The monoisotopic (exact) mass is 457 g/mol. The fraction of sp³-hybridized carbons (Fsp3) is 0.391. The van der Waals surface area contributed by atoms with Gasteiger partial charge in [-0.25, -0.2) is 4.98 Å². The molecular formula is C23H27N3O3S2. The van der Waals surface area contributed by atoms with Crippen LogP contribution in [0.4, 0.5) is 5.82 Å². The number of pyridine rings is 1. The van der Waals surface area contributed by atoms with E-state index in [0.717, 1.165) is 40.3 Å². The number of aromatic nitrogens is 1. The van der Waals surface area contributed by atoms with Gasteiger partial charge in [-0.15, -0.1) is 23.1 Å². The SMILES string of the molecule is COCCN(Cc1cc2ccc(SC)cc2nc1N1CCOCC1)C(=O)c1cccs1. The Labute approximate surface area is 191 Å². The average molecular weight is 458 g/mol. The second kappa shape index (κ2) is 10.5. The largest absolute Gasteiger partial charge is 0.383 e. The van der Waals surface area contributed by atoms with E-state index >= 15 is 0 Å². The zero-order valence-electron chi connectivity index (χ0n) is 17.9. The van der Waals surface area contributed by atoms with Crippen LogP contribution in [0.1, 0.15) is 15.2 Å². The van der Waals surface area contributed by atoms with Crippen LogP contribution in [-0.2, 0) is 16.0 Å². The summed E-state index contributed by atoms with van der Waals surface area (Å²) < 4.78 is 10.8. The zero-order chi connectivity index (χ0) is 21.6. The molecule has 0 spiro atoms. The third-order valence-corrected chi connectivity index (χ3v) is 6.92. The third kappa shape index (κ3) is 5.20. The lowest BCUT2D eigenvalue weighted by molar-refractivity contribution is 0.0685. The lowest BCUT2D eigenvalue weighted by Gasteiger charge is -2.31. The number of morpholine rings is 1. The summed E-state index contributed by atoms with van der Waals surface area (Å²) in [5.41, 5.74) is 2.03. The first-order valence-electron chi connectivity index (χ1n) is 10.3. The van der Waals surface area contributed by atoms with Crippen LogP contribution in [-0.4, -0.2) is 68.6 Å². The average Bonchev–Trinajstić information content (AvgIpc) is 3.36. The van der Waals surface area contributed by atoms with Crippen molar-refractivity contribution in [3.05, 3.63) is 52.2 Å². The summed E-state index contributed by atoms with van der Waals surface area (Å²) in [4.78, 5) is 24.3. The highest BCUT2D eigenvalue weighted by Crippen LogP contribution is 2.29. The van der Waals surface area contributed by atoms with Crippen LogP contribution < -0.4 is 4.90 Å². The Bertz CT molecular complexity index is 1020. The molecule has 1 fully saturated rings. The van der Waals surface area contributed by atoms with Crippen molar-refractivity contribution in [3.63, 3.8) is 0 Å². The molecule has 8 heteroatoms. The lowest BCUT2D eigenvalue weighted by atomic mass is 10.1. The van der Waals surface area contributed by atoms with E-state index in [4.69, 9.17) is 14.5 Å². The van der Waals surface area contributed by atoms with Crippen molar-refractivity contribution in [1.29, 1.82) is 0 Å². The number of hydrogen-bond donors (Lipinski definition) is 0. The maximum absolute atomic E-state index is 13.2. The summed E-state index contributed by atoms with van der Waals surface area (Å²) in [7, 11) is 1.66. The van der Waals surface area contributed by atoms with Crippen molar-refractivity contribution in [3.8, 4) is 0 Å². The summed E-state index contributed by atoms with van der Waals surface area (Å²) in [5.74, 6) is 0.966. The number of ether oxygens (including phenoxy) is 2. The maximum Gasteiger partial charge on any atom is 0.264 e. The van der Waals surface area contributed by atoms with Crippen LogP contribution in [0.3, 0.4) is 0 Å². The molecule has 1 amide bonds. The Morgan fingerprint density at radius 3 is 2.84 bits per heavy atom. The molecule has 31 heavy (non-hydrogen) atoms. The third-order valence-electron chi connectivity index (χ3n) is 5.34. The van der Waals surface area contributed by atoms with Crippen LogP contribution in [0.2, 0.25) is 0 Å². The highest BCUT2D eigenvalue weighted by atomic mass is 32.2. The molecule has 6 nitrogen and oxygen atoms in total. The summed E-state index contributed by atoms with van der Waals surface area (Å²) in [6.07, 6.45) is 2.07. The predicted molar refractivity (Wildman–Crippen MR) is 127 cm³/mol. The smallest absolute Gasteiger partial charge is 0.264 e. The van der Waals surface area contributed by atoms with Crippen LogP contribution >= 0.6 is 23.1 Å². The van der Waals surface area contributed by atoms with E-state index in [-0.39, 0.29) is 5.91 Å². The summed E-state index contributed by atoms with van der Waals surface area (Å²) in [6, 6.07) is 12.3. The number of carbonyl (C=O) groups is 1. The number of fused-ring (bicyclic) bond motifs is 1. The van der Waals surface area contributed by atoms with Crippen LogP contribution in [0.5, 0.6) is 0 Å². The molecule has 0 saturated carbocycles. The van der Waals surface area contributed by atoms with Crippen molar-refractivity contribution in [2.24, 2.45) is 0 Å². The molecule has 1 aromatic carbocycles. The minimum Gasteiger partial charge on any atom is -0.383 e. The van der Waals surface area contributed by atoms with Crippen molar-refractivity contribution in [2.45, 2.75) is 11.4 Å². The van der Waals surface area contributed by atoms with Gasteiger partial charge in [0.25, 0.3) is 5.91 Å². The quantitative estimate of drug-likeness (QED) is 0.474. The molecule has 1 aliphatic rings. The molecule has 2 aromatic heterocycles. The molecule has 1 aliphatic heterocycles. The van der Waals surface area contributed by atoms with Gasteiger partial charge in [0.05, 0.1) is 30.2 Å². The Morgan fingerprint density at radius 2 is 2.13 bits per heavy atom. The summed E-state index contributed by atoms with van der Waals surface area (Å²) in [6.45, 7) is 4.47. The van der Waals surface area contributed by atoms with Gasteiger partial charge in [-0.05, 0) is 35.9 Å². The van der Waals surface area contributed by atoms with E-state index in [1.165, 1.54) is 16.2 Å². The van der Waals surface area contributed by atoms with Crippen LogP contribution in [0, 0.1) is 0 Å². The topological polar surface area (TPSA) is 54.9 Å². The molecule has 1 saturated heterocycles. The molecule has 0 N–H and O–H groups in total. The van der Waals surface area contributed by atoms with Gasteiger partial charge in [0, 0.05) is 49.1 Å². The minimum atomic E-state index is 0.0257. The van der Waals surface area contributed by atoms with Crippen molar-refractivity contribution >= 4 is 45.7 Å². The number of thiophene rings is 1. The number of thioether (sulfide) groups is 1. The second-order valence-electron chi connectivity index (χ2n) is 7.33. The van der Waals surface area contributed by atoms with Gasteiger partial charge in [-0.1, -0.05) is 12.1 Å². The first-order chi connectivity index (χ1) is 15.2. The number of methoxy groups -OCH3 is 1. The van der Waals surface area contributed by atoms with Gasteiger partial charge in [-0.3, -0.25) is 4.79 Å². The molecule has 3 heterocycles. The van der Waals surface area contributed by atoms with Crippen molar-refractivity contribution < 1.29 is 14.3 Å². The Hall–Kier alpha value is -2.13.